The van der Waals surface area contributed by atoms with Crippen LogP contribution in [0.25, 0.3) is 0 Å². The third kappa shape index (κ3) is 3.76. The Morgan fingerprint density at radius 1 is 1.30 bits per heavy atom. The summed E-state index contributed by atoms with van der Waals surface area (Å²) in [5.74, 6) is 0.934. The highest BCUT2D eigenvalue weighted by Gasteiger charge is 2.32. The van der Waals surface area contributed by atoms with Crippen molar-refractivity contribution in [2.45, 2.75) is 58.2 Å². The van der Waals surface area contributed by atoms with E-state index in [0.717, 1.165) is 19.3 Å². The number of rotatable bonds is 4. The van der Waals surface area contributed by atoms with Gasteiger partial charge in [0.05, 0.1) is 18.7 Å². The van der Waals surface area contributed by atoms with Gasteiger partial charge in [0.1, 0.15) is 0 Å². The van der Waals surface area contributed by atoms with Crippen molar-refractivity contribution >= 4 is 5.91 Å². The molecule has 1 heterocycles. The summed E-state index contributed by atoms with van der Waals surface area (Å²) in [5, 5.41) is 8.94. The van der Waals surface area contributed by atoms with Gasteiger partial charge in [-0.25, -0.2) is 0 Å². The lowest BCUT2D eigenvalue weighted by molar-refractivity contribution is -0.144. The van der Waals surface area contributed by atoms with Crippen molar-refractivity contribution in [2.24, 2.45) is 0 Å². The molecular weight excluding hydrogens is 292 g/mol. The van der Waals surface area contributed by atoms with Crippen LogP contribution in [0.3, 0.4) is 0 Å². The molecule has 23 heavy (non-hydrogen) atoms. The Balaban J connectivity index is 2.13. The van der Waals surface area contributed by atoms with Gasteiger partial charge in [-0.2, -0.15) is 5.26 Å². The van der Waals surface area contributed by atoms with E-state index in [1.165, 1.54) is 7.11 Å². The number of carbonyl (C=O) groups is 1. The van der Waals surface area contributed by atoms with Gasteiger partial charge in [0.25, 0.3) is 5.91 Å². The molecule has 1 saturated heterocycles. The van der Waals surface area contributed by atoms with Crippen LogP contribution in [0.4, 0.5) is 0 Å². The number of carbonyl (C=O) groups excluding carboxylic acids is 1. The van der Waals surface area contributed by atoms with Gasteiger partial charge in [-0.3, -0.25) is 4.79 Å². The summed E-state index contributed by atoms with van der Waals surface area (Å²) in [6, 6.07) is 7.46. The van der Waals surface area contributed by atoms with Crippen molar-refractivity contribution in [3.8, 4) is 17.6 Å². The Morgan fingerprint density at radius 2 is 1.96 bits per heavy atom. The average Bonchev–Trinajstić information content (AvgIpc) is 2.54. The molecule has 1 aliphatic heterocycles. The molecule has 0 aromatic heterocycles. The molecule has 0 spiro atoms. The number of piperidine rings is 1. The topological polar surface area (TPSA) is 62.6 Å². The number of hydrogen-bond acceptors (Lipinski definition) is 4. The summed E-state index contributed by atoms with van der Waals surface area (Å²) in [4.78, 5) is 14.7. The molecule has 3 atom stereocenters. The second-order valence-corrected chi connectivity index (χ2v) is 6.11. The van der Waals surface area contributed by atoms with Gasteiger partial charge in [0.2, 0.25) is 0 Å². The lowest BCUT2D eigenvalue weighted by Crippen LogP contribution is -2.51. The molecule has 0 saturated carbocycles. The van der Waals surface area contributed by atoms with Crippen LogP contribution < -0.4 is 9.47 Å². The number of benzene rings is 1. The quantitative estimate of drug-likeness (QED) is 0.856. The lowest BCUT2D eigenvalue weighted by Gasteiger charge is -2.40. The maximum absolute atomic E-state index is 12.8. The van der Waals surface area contributed by atoms with Crippen LogP contribution in [0.5, 0.6) is 11.5 Å². The minimum absolute atomic E-state index is 0.00360. The van der Waals surface area contributed by atoms with Crippen molar-refractivity contribution in [1.29, 1.82) is 5.26 Å². The van der Waals surface area contributed by atoms with Gasteiger partial charge in [-0.05, 0) is 52.2 Å². The maximum Gasteiger partial charge on any atom is 0.263 e. The number of nitrogens with zero attached hydrogens (tertiary/aromatic N) is 2. The van der Waals surface area contributed by atoms with Crippen molar-refractivity contribution < 1.29 is 14.3 Å². The molecule has 1 fully saturated rings. The summed E-state index contributed by atoms with van der Waals surface area (Å²) >= 11 is 0. The SMILES string of the molecule is COc1cc(C#N)ccc1O[C@H](C)C(=O)N1[C@H](C)CCC[C@H]1C. The number of ether oxygens (including phenoxy) is 2. The van der Waals surface area contributed by atoms with Gasteiger partial charge in [-0.1, -0.05) is 0 Å². The lowest BCUT2D eigenvalue weighted by atomic mass is 9.97. The molecule has 1 aromatic carbocycles. The monoisotopic (exact) mass is 316 g/mol. The predicted molar refractivity (Wildman–Crippen MR) is 87.4 cm³/mol. The highest BCUT2D eigenvalue weighted by Crippen LogP contribution is 2.30. The summed E-state index contributed by atoms with van der Waals surface area (Å²) in [6.45, 7) is 5.93. The first kappa shape index (κ1) is 17.1. The zero-order valence-electron chi connectivity index (χ0n) is 14.2. The van der Waals surface area contributed by atoms with Gasteiger partial charge >= 0.3 is 0 Å². The number of hydrogen-bond donors (Lipinski definition) is 0. The molecule has 5 nitrogen and oxygen atoms in total. The highest BCUT2D eigenvalue weighted by molar-refractivity contribution is 5.81. The van der Waals surface area contributed by atoms with E-state index >= 15 is 0 Å². The van der Waals surface area contributed by atoms with Crippen LogP contribution in [0.2, 0.25) is 0 Å². The zero-order chi connectivity index (χ0) is 17.0. The van der Waals surface area contributed by atoms with E-state index in [0.29, 0.717) is 17.1 Å². The smallest absolute Gasteiger partial charge is 0.263 e. The first-order valence-corrected chi connectivity index (χ1v) is 8.05. The maximum atomic E-state index is 12.8. The van der Waals surface area contributed by atoms with Crippen LogP contribution in [0.15, 0.2) is 18.2 Å². The second kappa shape index (κ2) is 7.36. The Morgan fingerprint density at radius 3 is 2.52 bits per heavy atom. The number of methoxy groups -OCH3 is 1. The van der Waals surface area contributed by atoms with Crippen LogP contribution in [-0.2, 0) is 4.79 Å². The van der Waals surface area contributed by atoms with Gasteiger partial charge in [-0.15, -0.1) is 0 Å². The third-order valence-corrected chi connectivity index (χ3v) is 4.39. The van der Waals surface area contributed by atoms with Gasteiger partial charge in [0.15, 0.2) is 17.6 Å². The summed E-state index contributed by atoms with van der Waals surface area (Å²) in [5.41, 5.74) is 0.492. The fourth-order valence-corrected chi connectivity index (χ4v) is 3.14. The third-order valence-electron chi connectivity index (χ3n) is 4.39. The van der Waals surface area contributed by atoms with E-state index < -0.39 is 6.10 Å². The Bertz CT molecular complexity index is 599. The Hall–Kier alpha value is -2.22. The molecule has 0 N–H and O–H groups in total. The molecule has 0 radical (unpaired) electrons. The van der Waals surface area contributed by atoms with Crippen molar-refractivity contribution in [2.75, 3.05) is 7.11 Å². The van der Waals surface area contributed by atoms with E-state index in [2.05, 4.69) is 19.9 Å². The zero-order valence-corrected chi connectivity index (χ0v) is 14.2. The first-order valence-electron chi connectivity index (χ1n) is 8.05. The van der Waals surface area contributed by atoms with E-state index in [1.807, 2.05) is 4.90 Å². The Labute approximate surface area is 137 Å². The van der Waals surface area contributed by atoms with Gasteiger partial charge in [0, 0.05) is 18.2 Å². The molecule has 0 bridgehead atoms. The molecule has 124 valence electrons. The Kier molecular flexibility index (Phi) is 5.49. The average molecular weight is 316 g/mol. The number of nitriles is 1. The largest absolute Gasteiger partial charge is 0.493 e. The second-order valence-electron chi connectivity index (χ2n) is 6.11. The fraction of sp³-hybridized carbons (Fsp3) is 0.556. The molecule has 1 aliphatic rings. The van der Waals surface area contributed by atoms with Crippen LogP contribution >= 0.6 is 0 Å². The van der Waals surface area contributed by atoms with E-state index in [-0.39, 0.29) is 18.0 Å². The molecular formula is C18H24N2O3. The van der Waals surface area contributed by atoms with E-state index in [4.69, 9.17) is 14.7 Å². The van der Waals surface area contributed by atoms with E-state index in [1.54, 1.807) is 25.1 Å². The molecule has 0 aliphatic carbocycles. The van der Waals surface area contributed by atoms with Crippen LogP contribution in [-0.4, -0.2) is 36.1 Å². The fourth-order valence-electron chi connectivity index (χ4n) is 3.14. The predicted octanol–water partition coefficient (Wildman–Crippen LogP) is 3.12. The van der Waals surface area contributed by atoms with E-state index in [9.17, 15) is 4.79 Å². The number of amides is 1. The minimum Gasteiger partial charge on any atom is -0.493 e. The van der Waals surface area contributed by atoms with Crippen molar-refractivity contribution in [3.05, 3.63) is 23.8 Å². The number of likely N-dealkylation sites (tertiary alicyclic amines) is 1. The van der Waals surface area contributed by atoms with Crippen LogP contribution in [0, 0.1) is 11.3 Å². The summed E-state index contributed by atoms with van der Waals surface area (Å²) in [6.07, 6.45) is 2.62. The standard InChI is InChI=1S/C18H24N2O3/c1-12-6-5-7-13(2)20(12)18(21)14(3)23-16-9-8-15(11-19)10-17(16)22-4/h8-10,12-14H,5-7H2,1-4H3/t12-,13-,14-/m1/s1. The summed E-state index contributed by atoms with van der Waals surface area (Å²) < 4.78 is 11.1. The molecule has 1 amide bonds. The molecule has 2 rings (SSSR count). The normalized spacial score (nSPS) is 22.1. The summed E-state index contributed by atoms with van der Waals surface area (Å²) in [7, 11) is 1.52. The molecule has 0 unspecified atom stereocenters. The highest BCUT2D eigenvalue weighted by atomic mass is 16.5. The van der Waals surface area contributed by atoms with Crippen molar-refractivity contribution in [3.63, 3.8) is 0 Å². The van der Waals surface area contributed by atoms with Crippen molar-refractivity contribution in [1.82, 2.24) is 4.90 Å². The minimum atomic E-state index is -0.597. The van der Waals surface area contributed by atoms with Crippen LogP contribution in [0.1, 0.15) is 45.6 Å². The molecule has 1 aromatic rings. The molecule has 5 heteroatoms. The van der Waals surface area contributed by atoms with Gasteiger partial charge < -0.3 is 14.4 Å². The first-order chi connectivity index (χ1) is 11.0.